The van der Waals surface area contributed by atoms with Crippen molar-refractivity contribution in [3.05, 3.63) is 21.8 Å². The SMILES string of the molecule is CC/C=C(\C)[C@H]([C@@H](C)/C=C/I)N(C)C(=O)CCCCCCO. The minimum absolute atomic E-state index is 0.135. The number of likely N-dealkylation sites (N-methyl/N-ethyl adjacent to an activating group) is 1. The van der Waals surface area contributed by atoms with Gasteiger partial charge in [-0.05, 0) is 36.2 Å². The maximum absolute atomic E-state index is 12.5. The molecule has 0 aliphatic carbocycles. The normalized spacial score (nSPS) is 15.1. The predicted octanol–water partition coefficient (Wildman–Crippen LogP) is 4.70. The summed E-state index contributed by atoms with van der Waals surface area (Å²) in [5.74, 6) is 0.523. The van der Waals surface area contributed by atoms with Crippen molar-refractivity contribution in [3.8, 4) is 0 Å². The molecule has 0 radical (unpaired) electrons. The highest BCUT2D eigenvalue weighted by atomic mass is 127. The van der Waals surface area contributed by atoms with Gasteiger partial charge in [-0.15, -0.1) is 0 Å². The van der Waals surface area contributed by atoms with Crippen LogP contribution in [0.25, 0.3) is 0 Å². The van der Waals surface area contributed by atoms with Crippen molar-refractivity contribution < 1.29 is 9.90 Å². The number of nitrogens with zero attached hydrogens (tertiary/aromatic N) is 1. The summed E-state index contributed by atoms with van der Waals surface area (Å²) in [6, 6.07) is 0.135. The fraction of sp³-hybridized carbons (Fsp3) is 0.722. The minimum atomic E-state index is 0.135. The maximum atomic E-state index is 12.5. The van der Waals surface area contributed by atoms with Gasteiger partial charge in [-0.3, -0.25) is 4.79 Å². The van der Waals surface area contributed by atoms with E-state index < -0.39 is 0 Å². The lowest BCUT2D eigenvalue weighted by Gasteiger charge is -2.33. The molecule has 0 rings (SSSR count). The van der Waals surface area contributed by atoms with Crippen LogP contribution in [0.2, 0.25) is 0 Å². The van der Waals surface area contributed by atoms with E-state index in [1.807, 2.05) is 16.0 Å². The van der Waals surface area contributed by atoms with E-state index >= 15 is 0 Å². The molecule has 0 aliphatic heterocycles. The van der Waals surface area contributed by atoms with Gasteiger partial charge in [0.05, 0.1) is 6.04 Å². The predicted molar refractivity (Wildman–Crippen MR) is 103 cm³/mol. The smallest absolute Gasteiger partial charge is 0.222 e. The number of rotatable bonds is 11. The van der Waals surface area contributed by atoms with Crippen molar-refractivity contribution in [1.29, 1.82) is 0 Å². The van der Waals surface area contributed by atoms with Crippen molar-refractivity contribution >= 4 is 28.5 Å². The fourth-order valence-electron chi connectivity index (χ4n) is 2.81. The summed E-state index contributed by atoms with van der Waals surface area (Å²) in [6.07, 6.45) is 9.71. The molecular weight excluding hydrogens is 389 g/mol. The summed E-state index contributed by atoms with van der Waals surface area (Å²) in [5, 5.41) is 8.77. The number of unbranched alkanes of at least 4 members (excludes halogenated alkanes) is 3. The standard InChI is InChI=1S/C18H32INO2/c1-5-10-15(2)18(16(3)12-13-19)20(4)17(22)11-8-6-7-9-14-21/h10,12-13,16,18,21H,5-9,11,14H2,1-4H3/b13-12+,15-10+/t16-,18+/m0/s1. The number of hydrogen-bond donors (Lipinski definition) is 1. The van der Waals surface area contributed by atoms with Gasteiger partial charge < -0.3 is 10.0 Å². The van der Waals surface area contributed by atoms with Crippen LogP contribution in [0.1, 0.15) is 59.3 Å². The van der Waals surface area contributed by atoms with Crippen molar-refractivity contribution in [2.24, 2.45) is 5.92 Å². The van der Waals surface area contributed by atoms with Gasteiger partial charge in [0.15, 0.2) is 0 Å². The number of halogens is 1. The van der Waals surface area contributed by atoms with Crippen LogP contribution in [0, 0.1) is 5.92 Å². The number of allylic oxidation sites excluding steroid dienone is 1. The Morgan fingerprint density at radius 3 is 2.45 bits per heavy atom. The molecule has 1 amide bonds. The van der Waals surface area contributed by atoms with Crippen LogP contribution in [0.4, 0.5) is 0 Å². The molecule has 0 aromatic carbocycles. The van der Waals surface area contributed by atoms with Gasteiger partial charge in [0, 0.05) is 20.1 Å². The van der Waals surface area contributed by atoms with E-state index in [1.54, 1.807) is 0 Å². The lowest BCUT2D eigenvalue weighted by molar-refractivity contribution is -0.132. The summed E-state index contributed by atoms with van der Waals surface area (Å²) in [4.78, 5) is 14.4. The molecule has 0 fully saturated rings. The molecule has 0 aromatic rings. The zero-order valence-electron chi connectivity index (χ0n) is 14.5. The topological polar surface area (TPSA) is 40.5 Å². The molecule has 0 spiro atoms. The van der Waals surface area contributed by atoms with Crippen LogP contribution < -0.4 is 0 Å². The second-order valence-electron chi connectivity index (χ2n) is 5.87. The van der Waals surface area contributed by atoms with E-state index in [4.69, 9.17) is 5.11 Å². The molecule has 0 unspecified atom stereocenters. The van der Waals surface area contributed by atoms with Gasteiger partial charge in [0.2, 0.25) is 5.91 Å². The maximum Gasteiger partial charge on any atom is 0.222 e. The van der Waals surface area contributed by atoms with Gasteiger partial charge in [0.1, 0.15) is 0 Å². The van der Waals surface area contributed by atoms with Gasteiger partial charge in [-0.1, -0.05) is 67.0 Å². The quantitative estimate of drug-likeness (QED) is 0.299. The summed E-state index contributed by atoms with van der Waals surface area (Å²) >= 11 is 2.23. The highest BCUT2D eigenvalue weighted by molar-refractivity contribution is 14.1. The molecular formula is C18H32INO2. The Kier molecular flexibility index (Phi) is 12.9. The largest absolute Gasteiger partial charge is 0.396 e. The molecule has 1 N–H and O–H groups in total. The Hall–Kier alpha value is -0.360. The summed E-state index contributed by atoms with van der Waals surface area (Å²) in [7, 11) is 1.92. The van der Waals surface area contributed by atoms with E-state index in [0.717, 1.165) is 32.1 Å². The molecule has 0 aliphatic rings. The minimum Gasteiger partial charge on any atom is -0.396 e. The Bertz CT molecular complexity index is 366. The number of hydrogen-bond acceptors (Lipinski definition) is 2. The van der Waals surface area contributed by atoms with E-state index in [9.17, 15) is 4.79 Å². The van der Waals surface area contributed by atoms with Gasteiger partial charge >= 0.3 is 0 Å². The molecule has 0 saturated heterocycles. The first-order valence-corrected chi connectivity index (χ1v) is 9.54. The lowest BCUT2D eigenvalue weighted by atomic mass is 9.93. The Morgan fingerprint density at radius 1 is 1.27 bits per heavy atom. The number of amides is 1. The third-order valence-electron chi connectivity index (χ3n) is 3.98. The number of aliphatic hydroxyl groups is 1. The van der Waals surface area contributed by atoms with E-state index in [1.165, 1.54) is 5.57 Å². The van der Waals surface area contributed by atoms with Crippen LogP contribution in [0.15, 0.2) is 21.8 Å². The zero-order valence-corrected chi connectivity index (χ0v) is 16.7. The highest BCUT2D eigenvalue weighted by Gasteiger charge is 2.24. The Balaban J connectivity index is 4.70. The monoisotopic (exact) mass is 421 g/mol. The first-order valence-electron chi connectivity index (χ1n) is 8.29. The second-order valence-corrected chi connectivity index (χ2v) is 6.59. The van der Waals surface area contributed by atoms with Crippen LogP contribution in [-0.2, 0) is 4.79 Å². The number of carbonyl (C=O) groups excluding carboxylic acids is 1. The molecule has 22 heavy (non-hydrogen) atoms. The van der Waals surface area contributed by atoms with E-state index in [2.05, 4.69) is 55.5 Å². The lowest BCUT2D eigenvalue weighted by Crippen LogP contribution is -2.41. The molecule has 0 aromatic heterocycles. The van der Waals surface area contributed by atoms with Crippen LogP contribution >= 0.6 is 22.6 Å². The van der Waals surface area contributed by atoms with Crippen molar-refractivity contribution in [3.63, 3.8) is 0 Å². The molecule has 0 saturated carbocycles. The fourth-order valence-corrected chi connectivity index (χ4v) is 3.46. The Labute approximate surface area is 150 Å². The van der Waals surface area contributed by atoms with Crippen LogP contribution in [0.5, 0.6) is 0 Å². The average molecular weight is 421 g/mol. The van der Waals surface area contributed by atoms with Gasteiger partial charge in [-0.25, -0.2) is 0 Å². The van der Waals surface area contributed by atoms with Crippen molar-refractivity contribution in [2.75, 3.05) is 13.7 Å². The third kappa shape index (κ3) is 8.32. The summed E-state index contributed by atoms with van der Waals surface area (Å²) in [5.41, 5.74) is 1.26. The highest BCUT2D eigenvalue weighted by Crippen LogP contribution is 2.22. The molecule has 0 heterocycles. The molecule has 4 heteroatoms. The van der Waals surface area contributed by atoms with Gasteiger partial charge in [0.25, 0.3) is 0 Å². The van der Waals surface area contributed by atoms with Gasteiger partial charge in [-0.2, -0.15) is 0 Å². The molecule has 128 valence electrons. The average Bonchev–Trinajstić information content (AvgIpc) is 2.47. The van der Waals surface area contributed by atoms with E-state index in [0.29, 0.717) is 12.3 Å². The molecule has 3 nitrogen and oxygen atoms in total. The third-order valence-corrected chi connectivity index (χ3v) is 4.39. The summed E-state index contributed by atoms with van der Waals surface area (Å²) in [6.45, 7) is 6.66. The second kappa shape index (κ2) is 13.1. The van der Waals surface area contributed by atoms with Crippen LogP contribution in [-0.4, -0.2) is 35.6 Å². The Morgan fingerprint density at radius 2 is 1.91 bits per heavy atom. The van der Waals surface area contributed by atoms with Crippen molar-refractivity contribution in [1.82, 2.24) is 4.90 Å². The van der Waals surface area contributed by atoms with E-state index in [-0.39, 0.29) is 18.6 Å². The number of carbonyl (C=O) groups is 1. The molecule has 2 atom stereocenters. The first kappa shape index (κ1) is 21.6. The summed E-state index contributed by atoms with van der Waals surface area (Å²) < 4.78 is 2.03. The van der Waals surface area contributed by atoms with Crippen molar-refractivity contribution in [2.45, 2.75) is 65.3 Å². The van der Waals surface area contributed by atoms with Crippen LogP contribution in [0.3, 0.4) is 0 Å². The first-order chi connectivity index (χ1) is 10.5. The zero-order chi connectivity index (χ0) is 17.0. The number of aliphatic hydroxyl groups excluding tert-OH is 1. The molecule has 0 bridgehead atoms.